The van der Waals surface area contributed by atoms with Crippen molar-refractivity contribution in [3.05, 3.63) is 35.1 Å². The van der Waals surface area contributed by atoms with E-state index in [0.29, 0.717) is 12.5 Å². The van der Waals surface area contributed by atoms with Crippen LogP contribution in [0.3, 0.4) is 0 Å². The van der Waals surface area contributed by atoms with Gasteiger partial charge < -0.3 is 4.84 Å². The first-order chi connectivity index (χ1) is 7.16. The molecule has 2 rings (SSSR count). The van der Waals surface area contributed by atoms with Crippen molar-refractivity contribution in [1.29, 1.82) is 0 Å². The Morgan fingerprint density at radius 1 is 1.20 bits per heavy atom. The molecule has 0 saturated heterocycles. The Kier molecular flexibility index (Phi) is 2.62. The fraction of sp³-hybridized carbons (Fsp3) is 0.300. The van der Waals surface area contributed by atoms with Crippen LogP contribution in [0.5, 0.6) is 0 Å². The van der Waals surface area contributed by atoms with Gasteiger partial charge in [-0.25, -0.2) is 13.2 Å². The summed E-state index contributed by atoms with van der Waals surface area (Å²) in [7, 11) is 0. The van der Waals surface area contributed by atoms with Crippen molar-refractivity contribution in [2.45, 2.75) is 18.9 Å². The molecule has 1 atom stereocenters. The van der Waals surface area contributed by atoms with Crippen molar-refractivity contribution < 1.29 is 18.0 Å². The van der Waals surface area contributed by atoms with E-state index in [0.717, 1.165) is 6.07 Å². The van der Waals surface area contributed by atoms with Gasteiger partial charge in [-0.05, 0) is 11.6 Å². The minimum atomic E-state index is -1.18. The number of nitrogens with zero attached hydrogens (tertiary/aromatic N) is 1. The average molecular weight is 215 g/mol. The number of oxime groups is 1. The Hall–Kier alpha value is -1.52. The van der Waals surface area contributed by atoms with E-state index in [4.69, 9.17) is 4.84 Å². The molecule has 2 nitrogen and oxygen atoms in total. The Labute approximate surface area is 84.3 Å². The molecule has 1 aliphatic heterocycles. The first-order valence-electron chi connectivity index (χ1n) is 4.48. The summed E-state index contributed by atoms with van der Waals surface area (Å²) in [6.45, 7) is 0. The molecule has 0 radical (unpaired) electrons. The van der Waals surface area contributed by atoms with Crippen molar-refractivity contribution in [3.63, 3.8) is 0 Å². The van der Waals surface area contributed by atoms with Gasteiger partial charge in [0.2, 0.25) is 0 Å². The largest absolute Gasteiger partial charge is 0.392 e. The first kappa shape index (κ1) is 10.0. The molecule has 0 aliphatic carbocycles. The lowest BCUT2D eigenvalue weighted by Gasteiger charge is -2.09. The van der Waals surface area contributed by atoms with Crippen LogP contribution >= 0.6 is 0 Å². The summed E-state index contributed by atoms with van der Waals surface area (Å²) < 4.78 is 38.6. The van der Waals surface area contributed by atoms with Gasteiger partial charge in [-0.2, -0.15) is 0 Å². The van der Waals surface area contributed by atoms with Crippen LogP contribution < -0.4 is 0 Å². The lowest BCUT2D eigenvalue weighted by atomic mass is 10.1. The first-order valence-corrected chi connectivity index (χ1v) is 4.48. The van der Waals surface area contributed by atoms with E-state index in [-0.39, 0.29) is 18.1 Å². The molecule has 15 heavy (non-hydrogen) atoms. The van der Waals surface area contributed by atoms with Gasteiger partial charge >= 0.3 is 0 Å². The number of halogens is 3. The van der Waals surface area contributed by atoms with Gasteiger partial charge in [0, 0.05) is 25.1 Å². The predicted octanol–water partition coefficient (Wildman–Crippen LogP) is 2.42. The van der Waals surface area contributed by atoms with Crippen LogP contribution in [0.4, 0.5) is 13.2 Å². The molecule has 0 amide bonds. The third-order valence-electron chi connectivity index (χ3n) is 2.19. The highest BCUT2D eigenvalue weighted by atomic mass is 19.2. The number of rotatable bonds is 2. The quantitative estimate of drug-likeness (QED) is 0.694. The fourth-order valence-electron chi connectivity index (χ4n) is 1.42. The summed E-state index contributed by atoms with van der Waals surface area (Å²) in [5.41, 5.74) is 0.101. The predicted molar refractivity (Wildman–Crippen MR) is 48.0 cm³/mol. The maximum absolute atomic E-state index is 13.2. The zero-order valence-electron chi connectivity index (χ0n) is 7.71. The van der Waals surface area contributed by atoms with E-state index in [9.17, 15) is 13.2 Å². The van der Waals surface area contributed by atoms with E-state index in [1.165, 1.54) is 0 Å². The lowest BCUT2D eigenvalue weighted by molar-refractivity contribution is 0.0852. The van der Waals surface area contributed by atoms with Crippen LogP contribution in [0, 0.1) is 17.5 Å². The van der Waals surface area contributed by atoms with Crippen LogP contribution in [-0.2, 0) is 11.3 Å². The van der Waals surface area contributed by atoms with Crippen molar-refractivity contribution in [2.75, 3.05) is 0 Å². The molecule has 1 heterocycles. The summed E-state index contributed by atoms with van der Waals surface area (Å²) in [4.78, 5) is 4.87. The molecule has 0 bridgehead atoms. The molecule has 80 valence electrons. The van der Waals surface area contributed by atoms with Crippen LogP contribution in [0.15, 0.2) is 17.3 Å². The summed E-state index contributed by atoms with van der Waals surface area (Å²) in [5, 5.41) is 3.52. The van der Waals surface area contributed by atoms with E-state index >= 15 is 0 Å². The van der Waals surface area contributed by atoms with Crippen molar-refractivity contribution in [1.82, 2.24) is 0 Å². The van der Waals surface area contributed by atoms with E-state index < -0.39 is 17.5 Å². The van der Waals surface area contributed by atoms with Crippen molar-refractivity contribution >= 4 is 6.21 Å². The molecule has 1 aromatic rings. The van der Waals surface area contributed by atoms with Crippen LogP contribution in [0.2, 0.25) is 0 Å². The fourth-order valence-corrected chi connectivity index (χ4v) is 1.42. The molecule has 5 heteroatoms. The Morgan fingerprint density at radius 3 is 2.60 bits per heavy atom. The van der Waals surface area contributed by atoms with Gasteiger partial charge in [-0.15, -0.1) is 0 Å². The van der Waals surface area contributed by atoms with Gasteiger partial charge in [-0.3, -0.25) is 0 Å². The van der Waals surface area contributed by atoms with Gasteiger partial charge in [0.15, 0.2) is 11.6 Å². The number of hydrogen-bond donors (Lipinski definition) is 0. The molecule has 0 aromatic heterocycles. The SMILES string of the molecule is Fc1cc(F)c(CC2CC=NO2)cc1F. The third-order valence-corrected chi connectivity index (χ3v) is 2.19. The highest BCUT2D eigenvalue weighted by Gasteiger charge is 2.18. The highest BCUT2D eigenvalue weighted by molar-refractivity contribution is 5.58. The summed E-state index contributed by atoms with van der Waals surface area (Å²) in [6, 6.07) is 1.40. The van der Waals surface area contributed by atoms with E-state index in [1.54, 1.807) is 6.21 Å². The maximum atomic E-state index is 13.2. The smallest absolute Gasteiger partial charge is 0.161 e. The number of benzene rings is 1. The van der Waals surface area contributed by atoms with Gasteiger partial charge in [0.1, 0.15) is 11.9 Å². The Bertz CT molecular complexity index is 398. The minimum Gasteiger partial charge on any atom is -0.392 e. The zero-order valence-corrected chi connectivity index (χ0v) is 7.71. The van der Waals surface area contributed by atoms with E-state index in [2.05, 4.69) is 5.16 Å². The molecule has 0 N–H and O–H groups in total. The Balaban J connectivity index is 2.17. The monoisotopic (exact) mass is 215 g/mol. The van der Waals surface area contributed by atoms with Gasteiger partial charge in [0.05, 0.1) is 0 Å². The number of hydrogen-bond acceptors (Lipinski definition) is 2. The van der Waals surface area contributed by atoms with Gasteiger partial charge in [0.25, 0.3) is 0 Å². The molecular weight excluding hydrogens is 207 g/mol. The van der Waals surface area contributed by atoms with E-state index in [1.807, 2.05) is 0 Å². The molecule has 0 fully saturated rings. The summed E-state index contributed by atoms with van der Waals surface area (Å²) >= 11 is 0. The second-order valence-corrected chi connectivity index (χ2v) is 3.31. The topological polar surface area (TPSA) is 21.6 Å². The average Bonchev–Trinajstić information content (AvgIpc) is 2.67. The van der Waals surface area contributed by atoms with Crippen LogP contribution in [0.25, 0.3) is 0 Å². The second-order valence-electron chi connectivity index (χ2n) is 3.31. The maximum Gasteiger partial charge on any atom is 0.161 e. The Morgan fingerprint density at radius 2 is 1.93 bits per heavy atom. The lowest BCUT2D eigenvalue weighted by Crippen LogP contribution is -2.11. The van der Waals surface area contributed by atoms with Crippen molar-refractivity contribution in [3.8, 4) is 0 Å². The van der Waals surface area contributed by atoms with Crippen LogP contribution in [-0.4, -0.2) is 12.3 Å². The van der Waals surface area contributed by atoms with Gasteiger partial charge in [-0.1, -0.05) is 5.16 Å². The molecule has 1 aliphatic rings. The second kappa shape index (κ2) is 3.92. The molecule has 0 saturated carbocycles. The third kappa shape index (κ3) is 2.11. The molecular formula is C10H8F3NO. The molecule has 0 spiro atoms. The molecule has 1 unspecified atom stereocenters. The minimum absolute atomic E-state index is 0.101. The molecule has 1 aromatic carbocycles. The van der Waals surface area contributed by atoms with Crippen LogP contribution in [0.1, 0.15) is 12.0 Å². The zero-order chi connectivity index (χ0) is 10.8. The van der Waals surface area contributed by atoms with Crippen molar-refractivity contribution in [2.24, 2.45) is 5.16 Å². The summed E-state index contributed by atoms with van der Waals surface area (Å²) in [5.74, 6) is -2.99. The highest BCUT2D eigenvalue weighted by Crippen LogP contribution is 2.18. The summed E-state index contributed by atoms with van der Waals surface area (Å²) in [6.07, 6.45) is 2.01. The normalized spacial score (nSPS) is 19.3. The standard InChI is InChI=1S/C10H8F3NO/c11-8-5-10(13)9(12)4-6(8)3-7-1-2-14-15-7/h2,4-5,7H,1,3H2.